The van der Waals surface area contributed by atoms with Gasteiger partial charge in [-0.1, -0.05) is 0 Å². The summed E-state index contributed by atoms with van der Waals surface area (Å²) in [6.45, 7) is 1.32. The highest BCUT2D eigenvalue weighted by Crippen LogP contribution is 2.40. The summed E-state index contributed by atoms with van der Waals surface area (Å²) in [6.07, 6.45) is -2.28. The maximum Gasteiger partial charge on any atom is 0.393 e. The minimum Gasteiger partial charge on any atom is -0.361 e. The zero-order chi connectivity index (χ0) is 16.0. The first kappa shape index (κ1) is 14.8. The van der Waals surface area contributed by atoms with E-state index in [0.29, 0.717) is 10.6 Å². The molecule has 0 radical (unpaired) electrons. The van der Waals surface area contributed by atoms with Crippen LogP contribution in [0.1, 0.15) is 23.0 Å². The van der Waals surface area contributed by atoms with Crippen LogP contribution in [0, 0.1) is 0 Å². The molecule has 116 valence electrons. The number of rotatable bonds is 2. The number of carbonyl (C=O) groups is 1. The van der Waals surface area contributed by atoms with Gasteiger partial charge in [0.1, 0.15) is 10.5 Å². The van der Waals surface area contributed by atoms with Crippen molar-refractivity contribution in [1.29, 1.82) is 0 Å². The van der Waals surface area contributed by atoms with E-state index in [-0.39, 0.29) is 0 Å². The molecule has 0 saturated heterocycles. The number of nitrogens with one attached hydrogen (secondary N) is 2. The van der Waals surface area contributed by atoms with Crippen molar-refractivity contribution in [1.82, 2.24) is 10.3 Å². The Balaban J connectivity index is 1.94. The summed E-state index contributed by atoms with van der Waals surface area (Å²) in [7, 11) is 0. The van der Waals surface area contributed by atoms with E-state index in [0.717, 1.165) is 10.4 Å². The normalized spacial score (nSPS) is 21.0. The number of hydrogen-bond donors (Lipinski definition) is 2. The van der Waals surface area contributed by atoms with E-state index < -0.39 is 24.2 Å². The number of fused-ring (bicyclic) bond motifs is 1. The van der Waals surface area contributed by atoms with Crippen molar-refractivity contribution in [3.63, 3.8) is 0 Å². The number of nitrogens with zero attached hydrogens (tertiary/aromatic N) is 1. The lowest BCUT2D eigenvalue weighted by molar-refractivity contribution is -0.145. The van der Waals surface area contributed by atoms with E-state index >= 15 is 0 Å². The summed E-state index contributed by atoms with van der Waals surface area (Å²) >= 11 is 1.23. The van der Waals surface area contributed by atoms with Crippen LogP contribution in [0.15, 0.2) is 30.6 Å². The predicted molar refractivity (Wildman–Crippen MR) is 77.7 cm³/mol. The van der Waals surface area contributed by atoms with Crippen molar-refractivity contribution in [2.24, 2.45) is 0 Å². The zero-order valence-electron chi connectivity index (χ0n) is 11.5. The second-order valence-electron chi connectivity index (χ2n) is 5.29. The molecule has 0 saturated carbocycles. The summed E-state index contributed by atoms with van der Waals surface area (Å²) < 4.78 is 38.0. The van der Waals surface area contributed by atoms with Crippen molar-refractivity contribution in [3.8, 4) is 10.4 Å². The SMILES string of the molecule is CC1(CC(F)(F)F)NC(=O)c2sc(-c3ccncc3)cc2N1. The van der Waals surface area contributed by atoms with Crippen LogP contribution in [0.4, 0.5) is 18.9 Å². The highest BCUT2D eigenvalue weighted by Gasteiger charge is 2.43. The summed E-state index contributed by atoms with van der Waals surface area (Å²) in [6, 6.07) is 5.26. The van der Waals surface area contributed by atoms with Gasteiger partial charge in [0.05, 0.1) is 12.1 Å². The summed E-state index contributed by atoms with van der Waals surface area (Å²) in [5.41, 5.74) is -0.257. The highest BCUT2D eigenvalue weighted by atomic mass is 32.1. The molecule has 0 aromatic carbocycles. The molecule has 1 amide bonds. The van der Waals surface area contributed by atoms with E-state index in [2.05, 4.69) is 15.6 Å². The number of pyridine rings is 1. The van der Waals surface area contributed by atoms with Gasteiger partial charge in [-0.25, -0.2) is 0 Å². The Morgan fingerprint density at radius 3 is 2.59 bits per heavy atom. The number of hydrogen-bond acceptors (Lipinski definition) is 4. The molecule has 3 heterocycles. The van der Waals surface area contributed by atoms with Crippen LogP contribution in [-0.4, -0.2) is 22.7 Å². The third-order valence-electron chi connectivity index (χ3n) is 3.26. The van der Waals surface area contributed by atoms with Crippen molar-refractivity contribution < 1.29 is 18.0 Å². The summed E-state index contributed by atoms with van der Waals surface area (Å²) in [5.74, 6) is -0.495. The predicted octanol–water partition coefficient (Wildman–Crippen LogP) is 3.63. The lowest BCUT2D eigenvalue weighted by Gasteiger charge is -2.36. The lowest BCUT2D eigenvalue weighted by atomic mass is 10.0. The number of amides is 1. The van der Waals surface area contributed by atoms with Crippen molar-refractivity contribution in [3.05, 3.63) is 35.5 Å². The number of alkyl halides is 3. The number of anilines is 1. The van der Waals surface area contributed by atoms with Gasteiger partial charge in [-0.05, 0) is 30.7 Å². The van der Waals surface area contributed by atoms with Crippen LogP contribution in [0.5, 0.6) is 0 Å². The van der Waals surface area contributed by atoms with Gasteiger partial charge in [0, 0.05) is 17.3 Å². The molecular formula is C14H12F3N3OS. The van der Waals surface area contributed by atoms with Crippen LogP contribution in [0.3, 0.4) is 0 Å². The Kier molecular flexibility index (Phi) is 3.36. The minimum atomic E-state index is -4.38. The molecule has 1 aliphatic rings. The van der Waals surface area contributed by atoms with E-state index in [1.807, 2.05) is 0 Å². The van der Waals surface area contributed by atoms with E-state index in [4.69, 9.17) is 0 Å². The largest absolute Gasteiger partial charge is 0.393 e. The first-order chi connectivity index (χ1) is 10.3. The molecule has 1 unspecified atom stereocenters. The number of thiophene rings is 1. The molecular weight excluding hydrogens is 315 g/mol. The molecule has 0 fully saturated rings. The monoisotopic (exact) mass is 327 g/mol. The van der Waals surface area contributed by atoms with Gasteiger partial charge in [-0.2, -0.15) is 13.2 Å². The Bertz CT molecular complexity index is 714. The average Bonchev–Trinajstić information content (AvgIpc) is 2.81. The maximum absolute atomic E-state index is 12.7. The van der Waals surface area contributed by atoms with Crippen molar-refractivity contribution in [2.75, 3.05) is 5.32 Å². The molecule has 3 rings (SSSR count). The van der Waals surface area contributed by atoms with Crippen LogP contribution in [0.25, 0.3) is 10.4 Å². The van der Waals surface area contributed by atoms with Crippen molar-refractivity contribution >= 4 is 22.9 Å². The lowest BCUT2D eigenvalue weighted by Crippen LogP contribution is -2.57. The molecule has 22 heavy (non-hydrogen) atoms. The first-order valence-electron chi connectivity index (χ1n) is 6.47. The van der Waals surface area contributed by atoms with Gasteiger partial charge in [0.25, 0.3) is 5.91 Å². The van der Waals surface area contributed by atoms with Gasteiger partial charge >= 0.3 is 6.18 Å². The summed E-state index contributed by atoms with van der Waals surface area (Å²) in [5, 5.41) is 5.19. The average molecular weight is 327 g/mol. The van der Waals surface area contributed by atoms with Crippen LogP contribution in [0.2, 0.25) is 0 Å². The Morgan fingerprint density at radius 2 is 1.95 bits per heavy atom. The topological polar surface area (TPSA) is 54.0 Å². The Morgan fingerprint density at radius 1 is 1.27 bits per heavy atom. The second kappa shape index (κ2) is 4.98. The van der Waals surface area contributed by atoms with Crippen molar-refractivity contribution in [2.45, 2.75) is 25.2 Å². The third kappa shape index (κ3) is 2.92. The van der Waals surface area contributed by atoms with E-state index in [9.17, 15) is 18.0 Å². The molecule has 2 aromatic rings. The number of aromatic nitrogens is 1. The quantitative estimate of drug-likeness (QED) is 0.885. The second-order valence-corrected chi connectivity index (χ2v) is 6.34. The van der Waals surface area contributed by atoms with Gasteiger partial charge in [-0.3, -0.25) is 9.78 Å². The summed E-state index contributed by atoms with van der Waals surface area (Å²) in [4.78, 5) is 17.2. The fourth-order valence-electron chi connectivity index (χ4n) is 2.44. The molecule has 0 bridgehead atoms. The number of halogens is 3. The molecule has 8 heteroatoms. The minimum absolute atomic E-state index is 0.381. The fourth-order valence-corrected chi connectivity index (χ4v) is 3.45. The zero-order valence-corrected chi connectivity index (χ0v) is 12.3. The first-order valence-corrected chi connectivity index (χ1v) is 7.29. The van der Waals surface area contributed by atoms with Crippen LogP contribution >= 0.6 is 11.3 Å². The fraction of sp³-hybridized carbons (Fsp3) is 0.286. The Hall–Kier alpha value is -2.09. The standard InChI is InChI=1S/C14H12F3N3OS/c1-13(7-14(15,16)17)19-9-6-10(8-2-4-18-5-3-8)22-11(9)12(21)20-13/h2-6,19H,7H2,1H3,(H,20,21). The maximum atomic E-state index is 12.7. The molecule has 1 atom stereocenters. The van der Waals surface area contributed by atoms with Gasteiger partial charge < -0.3 is 10.6 Å². The molecule has 2 N–H and O–H groups in total. The van der Waals surface area contributed by atoms with Crippen LogP contribution < -0.4 is 10.6 Å². The molecule has 4 nitrogen and oxygen atoms in total. The third-order valence-corrected chi connectivity index (χ3v) is 4.44. The van der Waals surface area contributed by atoms with Gasteiger partial charge in [0.2, 0.25) is 0 Å². The van der Waals surface area contributed by atoms with E-state index in [1.54, 1.807) is 30.6 Å². The molecule has 1 aliphatic heterocycles. The molecule has 0 aliphatic carbocycles. The smallest absolute Gasteiger partial charge is 0.361 e. The van der Waals surface area contributed by atoms with E-state index in [1.165, 1.54) is 18.3 Å². The number of carbonyl (C=O) groups excluding carboxylic acids is 1. The van der Waals surface area contributed by atoms with Gasteiger partial charge in [-0.15, -0.1) is 11.3 Å². The Labute approximate surface area is 128 Å². The van der Waals surface area contributed by atoms with Crippen LogP contribution in [-0.2, 0) is 0 Å². The molecule has 0 spiro atoms. The molecule has 2 aromatic heterocycles. The highest BCUT2D eigenvalue weighted by molar-refractivity contribution is 7.18. The van der Waals surface area contributed by atoms with Gasteiger partial charge in [0.15, 0.2) is 0 Å².